The number of benzene rings is 1. The molecule has 2 fully saturated rings. The molecule has 0 N–H and O–H groups in total. The van der Waals surface area contributed by atoms with Crippen molar-refractivity contribution in [2.45, 2.75) is 55.9 Å². The van der Waals surface area contributed by atoms with Crippen LogP contribution in [0.3, 0.4) is 0 Å². The van der Waals surface area contributed by atoms with Gasteiger partial charge in [-0.2, -0.15) is 0 Å². The summed E-state index contributed by atoms with van der Waals surface area (Å²) < 4.78 is 0. The van der Waals surface area contributed by atoms with Crippen molar-refractivity contribution in [2.24, 2.45) is 11.8 Å². The van der Waals surface area contributed by atoms with E-state index in [-0.39, 0.29) is 11.8 Å². The fourth-order valence-electron chi connectivity index (χ4n) is 5.77. The molecule has 0 aromatic heterocycles. The van der Waals surface area contributed by atoms with Gasteiger partial charge >= 0.3 is 0 Å². The number of halogens is 10. The molecule has 8 unspecified atom stereocenters. The van der Waals surface area contributed by atoms with Crippen molar-refractivity contribution in [3.8, 4) is 0 Å². The van der Waals surface area contributed by atoms with E-state index in [1.807, 2.05) is 24.3 Å². The SMILES string of the molecule is ClC1=C(Cl)C2(Cl)CC1(Cl)C(Cl)C2Cc1ccc(CC2C(Cl)C3(Cl)CC2(Cl)C(Cl)=C3Cl)cc1. The van der Waals surface area contributed by atoms with Crippen molar-refractivity contribution >= 4 is 116 Å². The van der Waals surface area contributed by atoms with E-state index in [1.54, 1.807) is 0 Å². The first kappa shape index (κ1) is 25.3. The molecular weight excluding hydrogens is 619 g/mol. The lowest BCUT2D eigenvalue weighted by atomic mass is 9.84. The molecule has 1 aromatic carbocycles. The van der Waals surface area contributed by atoms with Gasteiger partial charge in [0.1, 0.15) is 0 Å². The monoisotopic (exact) mass is 630 g/mol. The van der Waals surface area contributed by atoms with Gasteiger partial charge in [-0.15, -0.1) is 69.6 Å². The van der Waals surface area contributed by atoms with E-state index in [9.17, 15) is 0 Å². The number of hydrogen-bond acceptors (Lipinski definition) is 0. The highest BCUT2D eigenvalue weighted by molar-refractivity contribution is 6.54. The van der Waals surface area contributed by atoms with Crippen molar-refractivity contribution in [3.63, 3.8) is 0 Å². The fraction of sp³-hybridized carbons (Fsp3) is 0.545. The van der Waals surface area contributed by atoms with Crippen LogP contribution >= 0.6 is 116 Å². The Morgan fingerprint density at radius 1 is 0.562 bits per heavy atom. The maximum atomic E-state index is 6.88. The summed E-state index contributed by atoms with van der Waals surface area (Å²) in [4.78, 5) is -3.52. The van der Waals surface area contributed by atoms with E-state index < -0.39 is 30.3 Å². The van der Waals surface area contributed by atoms with Gasteiger partial charge in [0.25, 0.3) is 0 Å². The molecule has 174 valence electrons. The van der Waals surface area contributed by atoms with Crippen LogP contribution < -0.4 is 0 Å². The lowest BCUT2D eigenvalue weighted by Crippen LogP contribution is -2.39. The molecular formula is C22H16Cl10. The van der Waals surface area contributed by atoms with Crippen molar-refractivity contribution in [2.75, 3.05) is 0 Å². The standard InChI is InChI=1S/C22H16Cl10/c23-13-11(19(29)7-21(13,31)17(27)15(19)25)5-9-1-2-10(4-3-9)6-12-14(24)22(32)8-20(12,30)16(26)18(22)28/h1-4,11-14H,5-8H2. The average Bonchev–Trinajstić information content (AvgIpc) is 3.23. The highest BCUT2D eigenvalue weighted by Gasteiger charge is 2.69. The van der Waals surface area contributed by atoms with Crippen LogP contribution in [0.2, 0.25) is 0 Å². The van der Waals surface area contributed by atoms with Crippen LogP contribution in [-0.4, -0.2) is 30.3 Å². The summed E-state index contributed by atoms with van der Waals surface area (Å²) in [5, 5.41) is 0.705. The fourth-order valence-corrected chi connectivity index (χ4v) is 10.7. The molecule has 10 heteroatoms. The molecule has 0 saturated heterocycles. The molecule has 0 nitrogen and oxygen atoms in total. The highest BCUT2D eigenvalue weighted by Crippen LogP contribution is 2.68. The second-order valence-corrected chi connectivity index (χ2v) is 14.5. The lowest BCUT2D eigenvalue weighted by molar-refractivity contribution is 0.468. The summed E-state index contributed by atoms with van der Waals surface area (Å²) in [6.45, 7) is 0. The Balaban J connectivity index is 1.34. The Morgan fingerprint density at radius 2 is 0.844 bits per heavy atom. The van der Waals surface area contributed by atoms with Crippen LogP contribution in [-0.2, 0) is 12.8 Å². The minimum absolute atomic E-state index is 0.143. The maximum absolute atomic E-state index is 6.88. The maximum Gasteiger partial charge on any atom is 0.0999 e. The van der Waals surface area contributed by atoms with Crippen molar-refractivity contribution < 1.29 is 0 Å². The van der Waals surface area contributed by atoms with Gasteiger partial charge in [0.15, 0.2) is 0 Å². The van der Waals surface area contributed by atoms with E-state index in [4.69, 9.17) is 116 Å². The third-order valence-corrected chi connectivity index (χ3v) is 14.1. The number of fused-ring (bicyclic) bond motifs is 4. The Bertz CT molecular complexity index is 966. The van der Waals surface area contributed by atoms with Crippen LogP contribution in [0.1, 0.15) is 24.0 Å². The zero-order valence-electron chi connectivity index (χ0n) is 16.2. The van der Waals surface area contributed by atoms with Gasteiger partial charge in [0, 0.05) is 11.8 Å². The first-order valence-electron chi connectivity index (χ1n) is 10.0. The van der Waals surface area contributed by atoms with Crippen LogP contribution in [0.25, 0.3) is 0 Å². The van der Waals surface area contributed by atoms with Crippen molar-refractivity contribution in [1.82, 2.24) is 0 Å². The van der Waals surface area contributed by atoms with Crippen LogP contribution in [0.5, 0.6) is 0 Å². The van der Waals surface area contributed by atoms with Gasteiger partial charge in [-0.3, -0.25) is 0 Å². The molecule has 8 atom stereocenters. The number of rotatable bonds is 4. The van der Waals surface area contributed by atoms with Crippen LogP contribution in [0.15, 0.2) is 44.4 Å². The summed E-state index contributed by atoms with van der Waals surface area (Å²) in [5.41, 5.74) is 2.15. The topological polar surface area (TPSA) is 0 Å². The Kier molecular flexibility index (Phi) is 6.35. The van der Waals surface area contributed by atoms with Gasteiger partial charge in [-0.1, -0.05) is 70.7 Å². The smallest absolute Gasteiger partial charge is 0.0999 e. The van der Waals surface area contributed by atoms with Crippen LogP contribution in [0.4, 0.5) is 0 Å². The Morgan fingerprint density at radius 3 is 1.12 bits per heavy atom. The minimum Gasteiger partial charge on any atom is -0.120 e. The Labute approximate surface area is 237 Å². The quantitative estimate of drug-likeness (QED) is 0.290. The van der Waals surface area contributed by atoms with E-state index in [0.717, 1.165) is 11.1 Å². The molecule has 0 spiro atoms. The third kappa shape index (κ3) is 3.24. The summed E-state index contributed by atoms with van der Waals surface area (Å²) in [5.74, 6) is -0.287. The minimum atomic E-state index is -0.913. The normalized spacial score (nSPS) is 47.3. The molecule has 5 rings (SSSR count). The highest BCUT2D eigenvalue weighted by atomic mass is 35.5. The molecule has 2 saturated carbocycles. The first-order valence-corrected chi connectivity index (χ1v) is 13.9. The van der Waals surface area contributed by atoms with E-state index >= 15 is 0 Å². The van der Waals surface area contributed by atoms with Gasteiger partial charge in [0.2, 0.25) is 0 Å². The Hall–Kier alpha value is 1.60. The van der Waals surface area contributed by atoms with Gasteiger partial charge in [0.05, 0.1) is 50.4 Å². The summed E-state index contributed by atoms with van der Waals surface area (Å²) >= 11 is 66.1. The van der Waals surface area contributed by atoms with E-state index in [1.165, 1.54) is 0 Å². The molecule has 0 amide bonds. The third-order valence-electron chi connectivity index (χ3n) is 7.56. The van der Waals surface area contributed by atoms with Gasteiger partial charge in [-0.05, 0) is 36.8 Å². The van der Waals surface area contributed by atoms with E-state index in [2.05, 4.69) is 0 Å². The summed E-state index contributed by atoms with van der Waals surface area (Å²) in [6, 6.07) is 8.18. The van der Waals surface area contributed by atoms with Gasteiger partial charge in [-0.25, -0.2) is 0 Å². The zero-order valence-corrected chi connectivity index (χ0v) is 23.8. The second-order valence-electron chi connectivity index (χ2n) is 9.30. The lowest BCUT2D eigenvalue weighted by Gasteiger charge is -2.35. The second kappa shape index (κ2) is 8.05. The molecule has 4 bridgehead atoms. The van der Waals surface area contributed by atoms with Gasteiger partial charge < -0.3 is 0 Å². The zero-order chi connectivity index (χ0) is 23.4. The van der Waals surface area contributed by atoms with Crippen molar-refractivity contribution in [3.05, 3.63) is 55.5 Å². The predicted octanol–water partition coefficient (Wildman–Crippen LogP) is 9.34. The van der Waals surface area contributed by atoms with E-state index in [0.29, 0.717) is 45.8 Å². The average molecular weight is 635 g/mol. The number of hydrogen-bond donors (Lipinski definition) is 0. The van der Waals surface area contributed by atoms with Crippen LogP contribution in [0, 0.1) is 11.8 Å². The first-order chi connectivity index (χ1) is 14.8. The largest absolute Gasteiger partial charge is 0.120 e. The molecule has 4 aliphatic rings. The summed E-state index contributed by atoms with van der Waals surface area (Å²) in [6.07, 6.45) is 2.10. The molecule has 32 heavy (non-hydrogen) atoms. The van der Waals surface area contributed by atoms with Crippen molar-refractivity contribution in [1.29, 1.82) is 0 Å². The molecule has 0 heterocycles. The summed E-state index contributed by atoms with van der Waals surface area (Å²) in [7, 11) is 0. The number of allylic oxidation sites excluding steroid dienone is 4. The number of alkyl halides is 6. The molecule has 0 radical (unpaired) electrons. The predicted molar refractivity (Wildman–Crippen MR) is 141 cm³/mol. The molecule has 1 aromatic rings. The molecule has 4 aliphatic carbocycles. The molecule has 0 aliphatic heterocycles.